The van der Waals surface area contributed by atoms with Crippen LogP contribution in [0.5, 0.6) is 0 Å². The number of hydrogen-bond acceptors (Lipinski definition) is 6. The van der Waals surface area contributed by atoms with Gasteiger partial charge in [-0.05, 0) is 48.5 Å². The molecule has 0 aromatic heterocycles. The van der Waals surface area contributed by atoms with E-state index in [0.717, 1.165) is 0 Å². The van der Waals surface area contributed by atoms with Crippen LogP contribution in [0.4, 0.5) is 11.4 Å². The number of nitrogens with two attached hydrogens (primary N) is 2. The Morgan fingerprint density at radius 2 is 1.04 bits per heavy atom. The van der Waals surface area contributed by atoms with E-state index in [-0.39, 0.29) is 16.3 Å². The lowest BCUT2D eigenvalue weighted by Crippen LogP contribution is -2.36. The maximum absolute atomic E-state index is 12.6. The number of hydrogen-bond donors (Lipinski definition) is 2. The molecule has 0 saturated heterocycles. The summed E-state index contributed by atoms with van der Waals surface area (Å²) in [6.07, 6.45) is 0. The first-order chi connectivity index (χ1) is 10.7. The largest absolute Gasteiger partial charge is 0.399 e. The van der Waals surface area contributed by atoms with Crippen molar-refractivity contribution in [1.82, 2.24) is 3.71 Å². The zero-order valence-electron chi connectivity index (χ0n) is 12.4. The summed E-state index contributed by atoms with van der Waals surface area (Å²) < 4.78 is 51.0. The molecule has 2 aromatic carbocycles. The van der Waals surface area contributed by atoms with Gasteiger partial charge in [0.1, 0.15) is 0 Å². The monoisotopic (exact) mass is 355 g/mol. The van der Waals surface area contributed by atoms with Crippen molar-refractivity contribution >= 4 is 31.4 Å². The average Bonchev–Trinajstić information content (AvgIpc) is 2.48. The fourth-order valence-corrected chi connectivity index (χ4v) is 5.64. The van der Waals surface area contributed by atoms with Crippen molar-refractivity contribution in [1.29, 1.82) is 0 Å². The predicted octanol–water partition coefficient (Wildman–Crippen LogP) is 1.25. The summed E-state index contributed by atoms with van der Waals surface area (Å²) in [4.78, 5) is -0.292. The van der Waals surface area contributed by atoms with Crippen LogP contribution in [-0.4, -0.2) is 27.1 Å². The molecule has 4 N–H and O–H groups in total. The van der Waals surface area contributed by atoms with Gasteiger partial charge in [0.25, 0.3) is 20.0 Å². The van der Waals surface area contributed by atoms with Crippen LogP contribution in [0, 0.1) is 0 Å². The molecule has 0 spiro atoms. The molecule has 0 saturated carbocycles. The van der Waals surface area contributed by atoms with Gasteiger partial charge in [-0.2, -0.15) is 0 Å². The molecular weight excluding hydrogens is 338 g/mol. The highest BCUT2D eigenvalue weighted by molar-refractivity contribution is 8.04. The number of anilines is 2. The van der Waals surface area contributed by atoms with Crippen LogP contribution in [0.15, 0.2) is 58.3 Å². The maximum Gasteiger partial charge on any atom is 0.256 e. The van der Waals surface area contributed by atoms with E-state index in [2.05, 4.69) is 0 Å². The summed E-state index contributed by atoms with van der Waals surface area (Å²) in [6, 6.07) is 10.7. The summed E-state index contributed by atoms with van der Waals surface area (Å²) in [5, 5.41) is 0. The van der Waals surface area contributed by atoms with Gasteiger partial charge in [-0.15, -0.1) is 0 Å². The Hall–Kier alpha value is -2.10. The summed E-state index contributed by atoms with van der Waals surface area (Å²) >= 11 is 0. The van der Waals surface area contributed by atoms with Gasteiger partial charge < -0.3 is 11.5 Å². The van der Waals surface area contributed by atoms with Crippen LogP contribution in [0.3, 0.4) is 0 Å². The molecule has 9 heteroatoms. The van der Waals surface area contributed by atoms with Gasteiger partial charge in [-0.1, -0.05) is 10.6 Å². The van der Waals surface area contributed by atoms with Crippen LogP contribution in [-0.2, 0) is 20.0 Å². The third-order valence-corrected chi connectivity index (χ3v) is 7.65. The molecule has 23 heavy (non-hydrogen) atoms. The van der Waals surface area contributed by atoms with Gasteiger partial charge in [-0.25, -0.2) is 16.8 Å². The number of nitrogens with zero attached hydrogens (tertiary/aromatic N) is 1. The number of rotatable bonds is 5. The van der Waals surface area contributed by atoms with Crippen LogP contribution in [0.2, 0.25) is 0 Å². The lowest BCUT2D eigenvalue weighted by Gasteiger charge is -2.20. The van der Waals surface area contributed by atoms with E-state index in [4.69, 9.17) is 11.5 Å². The van der Waals surface area contributed by atoms with Crippen LogP contribution in [0.25, 0.3) is 0 Å². The van der Waals surface area contributed by atoms with E-state index in [1.165, 1.54) is 55.5 Å². The minimum absolute atomic E-state index is 0.146. The lowest BCUT2D eigenvalue weighted by atomic mass is 10.3. The van der Waals surface area contributed by atoms with Crippen molar-refractivity contribution in [2.45, 2.75) is 16.7 Å². The van der Waals surface area contributed by atoms with Crippen molar-refractivity contribution in [2.75, 3.05) is 18.0 Å². The second kappa shape index (κ2) is 6.19. The van der Waals surface area contributed by atoms with Gasteiger partial charge in [0.05, 0.1) is 9.79 Å². The van der Waals surface area contributed by atoms with Gasteiger partial charge in [0, 0.05) is 17.9 Å². The molecule has 0 aliphatic heterocycles. The molecule has 7 nitrogen and oxygen atoms in total. The number of nitrogen functional groups attached to an aromatic ring is 2. The van der Waals surface area contributed by atoms with Crippen molar-refractivity contribution in [3.8, 4) is 0 Å². The SMILES string of the molecule is CCN(S(=O)(=O)c1ccc(N)cc1)S(=O)(=O)c1ccc(N)cc1. The molecule has 0 atom stereocenters. The van der Waals surface area contributed by atoms with Crippen LogP contribution < -0.4 is 11.5 Å². The van der Waals surface area contributed by atoms with Crippen molar-refractivity contribution in [2.24, 2.45) is 0 Å². The smallest absolute Gasteiger partial charge is 0.256 e. The molecule has 124 valence electrons. The fraction of sp³-hybridized carbons (Fsp3) is 0.143. The van der Waals surface area contributed by atoms with Gasteiger partial charge in [0.15, 0.2) is 0 Å². The molecule has 0 bridgehead atoms. The molecule has 0 unspecified atom stereocenters. The zero-order chi connectivity index (χ0) is 17.3. The van der Waals surface area contributed by atoms with Crippen LogP contribution >= 0.6 is 0 Å². The number of benzene rings is 2. The highest BCUT2D eigenvalue weighted by atomic mass is 32.3. The Bertz CT molecular complexity index is 815. The Morgan fingerprint density at radius 1 is 0.739 bits per heavy atom. The van der Waals surface area contributed by atoms with Crippen molar-refractivity contribution in [3.05, 3.63) is 48.5 Å². The molecule has 0 amide bonds. The first-order valence-electron chi connectivity index (χ1n) is 6.68. The molecule has 0 fully saturated rings. The molecular formula is C14H17N3O4S2. The summed E-state index contributed by atoms with van der Waals surface area (Å²) in [5.74, 6) is 0. The number of sulfonamides is 2. The van der Waals surface area contributed by atoms with Gasteiger partial charge >= 0.3 is 0 Å². The Kier molecular flexibility index (Phi) is 4.64. The Balaban J connectivity index is 2.53. The quantitative estimate of drug-likeness (QED) is 0.778. The highest BCUT2D eigenvalue weighted by Crippen LogP contribution is 2.25. The van der Waals surface area contributed by atoms with Crippen LogP contribution in [0.1, 0.15) is 6.92 Å². The van der Waals surface area contributed by atoms with E-state index >= 15 is 0 Å². The second-order valence-electron chi connectivity index (χ2n) is 4.74. The summed E-state index contributed by atoms with van der Waals surface area (Å²) in [6.45, 7) is 1.21. The fourth-order valence-electron chi connectivity index (χ4n) is 1.98. The average molecular weight is 355 g/mol. The van der Waals surface area contributed by atoms with E-state index in [1.54, 1.807) is 0 Å². The topological polar surface area (TPSA) is 124 Å². The van der Waals surface area contributed by atoms with Crippen molar-refractivity contribution < 1.29 is 16.8 Å². The normalized spacial score (nSPS) is 12.4. The molecule has 2 aromatic rings. The third-order valence-electron chi connectivity index (χ3n) is 3.15. The lowest BCUT2D eigenvalue weighted by molar-refractivity contribution is 0.506. The maximum atomic E-state index is 12.6. The Morgan fingerprint density at radius 3 is 1.30 bits per heavy atom. The minimum Gasteiger partial charge on any atom is -0.399 e. The second-order valence-corrected chi connectivity index (χ2v) is 8.69. The van der Waals surface area contributed by atoms with E-state index in [1.807, 2.05) is 0 Å². The predicted molar refractivity (Wildman–Crippen MR) is 88.5 cm³/mol. The highest BCUT2D eigenvalue weighted by Gasteiger charge is 2.35. The minimum atomic E-state index is -4.23. The summed E-state index contributed by atoms with van der Waals surface area (Å²) in [5.41, 5.74) is 11.8. The Labute approximate surface area is 135 Å². The van der Waals surface area contributed by atoms with E-state index in [0.29, 0.717) is 15.1 Å². The zero-order valence-corrected chi connectivity index (χ0v) is 14.0. The summed E-state index contributed by atoms with van der Waals surface area (Å²) in [7, 11) is -8.45. The molecule has 2 rings (SSSR count). The molecule has 0 radical (unpaired) electrons. The molecule has 0 aliphatic carbocycles. The van der Waals surface area contributed by atoms with E-state index < -0.39 is 20.0 Å². The van der Waals surface area contributed by atoms with Gasteiger partial charge in [-0.3, -0.25) is 0 Å². The van der Waals surface area contributed by atoms with E-state index in [9.17, 15) is 16.8 Å². The molecule has 0 aliphatic rings. The third kappa shape index (κ3) is 3.31. The molecule has 0 heterocycles. The first kappa shape index (κ1) is 17.3. The first-order valence-corrected chi connectivity index (χ1v) is 9.56. The van der Waals surface area contributed by atoms with Crippen molar-refractivity contribution in [3.63, 3.8) is 0 Å². The van der Waals surface area contributed by atoms with Gasteiger partial charge in [0.2, 0.25) is 0 Å². The standard InChI is InChI=1S/C14H17N3O4S2/c1-2-17(22(18,19)13-7-3-11(15)4-8-13)23(20,21)14-9-5-12(16)6-10-14/h3-10H,2,15-16H2,1H3.